The molecule has 0 N–H and O–H groups in total. The summed E-state index contributed by atoms with van der Waals surface area (Å²) in [6.07, 6.45) is 2.43. The number of likely N-dealkylation sites (tertiary alicyclic amines) is 1. The zero-order chi connectivity index (χ0) is 14.4. The maximum absolute atomic E-state index is 5.97. The third-order valence-electron chi connectivity index (χ3n) is 4.75. The van der Waals surface area contributed by atoms with Crippen molar-refractivity contribution in [2.24, 2.45) is 5.41 Å². The highest BCUT2D eigenvalue weighted by molar-refractivity contribution is 7.99. The van der Waals surface area contributed by atoms with Gasteiger partial charge in [0, 0.05) is 50.8 Å². The number of nitrogens with zero attached hydrogens (tertiary/aromatic N) is 3. The number of halogens is 1. The molecule has 0 amide bonds. The molecule has 1 spiro atoms. The van der Waals surface area contributed by atoms with Crippen LogP contribution in [0.25, 0.3) is 0 Å². The smallest absolute Gasteiger partial charge is 0.184 e. The fourth-order valence-electron chi connectivity index (χ4n) is 3.64. The molecule has 0 saturated carbocycles. The number of thiazole rings is 1. The Hall–Kier alpha value is 0.150. The molecule has 4 nitrogen and oxygen atoms in total. The summed E-state index contributed by atoms with van der Waals surface area (Å²) >= 11 is 9.39. The van der Waals surface area contributed by atoms with E-state index in [1.807, 2.05) is 18.9 Å². The van der Waals surface area contributed by atoms with Gasteiger partial charge >= 0.3 is 0 Å². The molecule has 0 aliphatic carbocycles. The van der Waals surface area contributed by atoms with Crippen LogP contribution in [0.4, 0.5) is 0 Å². The van der Waals surface area contributed by atoms with Crippen molar-refractivity contribution in [1.82, 2.24) is 14.2 Å². The van der Waals surface area contributed by atoms with Gasteiger partial charge < -0.3 is 4.74 Å². The predicted molar refractivity (Wildman–Crippen MR) is 87.1 cm³/mol. The molecule has 4 heterocycles. The van der Waals surface area contributed by atoms with Gasteiger partial charge in [-0.1, -0.05) is 22.9 Å². The van der Waals surface area contributed by atoms with Crippen molar-refractivity contribution in [2.45, 2.75) is 30.0 Å². The minimum absolute atomic E-state index is 0.563. The lowest BCUT2D eigenvalue weighted by Crippen LogP contribution is -2.72. The molecule has 0 bridgehead atoms. The van der Waals surface area contributed by atoms with E-state index in [0.29, 0.717) is 9.88 Å². The maximum Gasteiger partial charge on any atom is 0.184 e. The van der Waals surface area contributed by atoms with Gasteiger partial charge in [-0.3, -0.25) is 4.90 Å². The Kier molecular flexibility index (Phi) is 3.96. The second-order valence-electron chi connectivity index (χ2n) is 6.48. The molecule has 3 aliphatic rings. The molecular formula is C14H20ClN3OS2. The largest absolute Gasteiger partial charge is 0.381 e. The van der Waals surface area contributed by atoms with Crippen LogP contribution in [0.5, 0.6) is 0 Å². The highest BCUT2D eigenvalue weighted by atomic mass is 35.5. The average Bonchev–Trinajstić information content (AvgIpc) is 2.70. The lowest BCUT2D eigenvalue weighted by Gasteiger charge is -2.61. The zero-order valence-electron chi connectivity index (χ0n) is 12.2. The summed E-state index contributed by atoms with van der Waals surface area (Å²) in [5, 5.41) is 0. The first-order valence-electron chi connectivity index (χ1n) is 7.51. The van der Waals surface area contributed by atoms with Crippen LogP contribution < -0.4 is 0 Å². The van der Waals surface area contributed by atoms with Gasteiger partial charge in [-0.05, 0) is 31.7 Å². The number of ether oxygens (including phenoxy) is 1. The van der Waals surface area contributed by atoms with Crippen LogP contribution in [-0.2, 0) is 4.74 Å². The summed E-state index contributed by atoms with van der Waals surface area (Å²) in [6, 6.07) is 0.772. The lowest BCUT2D eigenvalue weighted by atomic mass is 9.73. The fraction of sp³-hybridized carbons (Fsp3) is 0.786. The van der Waals surface area contributed by atoms with Crippen LogP contribution in [-0.4, -0.2) is 59.6 Å². The summed E-state index contributed by atoms with van der Waals surface area (Å²) in [7, 11) is 0. The Morgan fingerprint density at radius 3 is 2.62 bits per heavy atom. The highest BCUT2D eigenvalue weighted by Gasteiger charge is 2.53. The second-order valence-corrected chi connectivity index (χ2v) is 9.42. The van der Waals surface area contributed by atoms with Gasteiger partial charge in [0.15, 0.2) is 4.47 Å². The van der Waals surface area contributed by atoms with Crippen LogP contribution in [0, 0.1) is 12.3 Å². The van der Waals surface area contributed by atoms with Crippen molar-refractivity contribution in [1.29, 1.82) is 0 Å². The third-order valence-corrected chi connectivity index (χ3v) is 7.26. The molecule has 3 saturated heterocycles. The van der Waals surface area contributed by atoms with E-state index in [1.54, 1.807) is 11.3 Å². The summed E-state index contributed by atoms with van der Waals surface area (Å²) in [5.41, 5.74) is 1.63. The number of hydrogen-bond acceptors (Lipinski definition) is 6. The van der Waals surface area contributed by atoms with E-state index in [9.17, 15) is 0 Å². The summed E-state index contributed by atoms with van der Waals surface area (Å²) in [4.78, 5) is 6.95. The van der Waals surface area contributed by atoms with E-state index >= 15 is 0 Å². The van der Waals surface area contributed by atoms with Gasteiger partial charge in [0.2, 0.25) is 0 Å². The molecular weight excluding hydrogens is 326 g/mol. The molecule has 3 fully saturated rings. The first-order valence-corrected chi connectivity index (χ1v) is 9.48. The van der Waals surface area contributed by atoms with Crippen LogP contribution in [0.3, 0.4) is 0 Å². The Balaban J connectivity index is 1.26. The van der Waals surface area contributed by atoms with Crippen molar-refractivity contribution in [3.05, 3.63) is 10.2 Å². The normalized spacial score (nSPS) is 26.8. The molecule has 0 radical (unpaired) electrons. The van der Waals surface area contributed by atoms with Crippen molar-refractivity contribution >= 4 is 34.9 Å². The molecule has 3 aliphatic heterocycles. The maximum atomic E-state index is 5.97. The van der Waals surface area contributed by atoms with Gasteiger partial charge in [-0.2, -0.15) is 0 Å². The molecule has 1 aromatic heterocycles. The number of hydrogen-bond donors (Lipinski definition) is 0. The third kappa shape index (κ3) is 2.86. The summed E-state index contributed by atoms with van der Waals surface area (Å²) in [6.45, 7) is 8.88. The molecule has 7 heteroatoms. The van der Waals surface area contributed by atoms with Crippen LogP contribution in [0.15, 0.2) is 4.21 Å². The van der Waals surface area contributed by atoms with E-state index in [-0.39, 0.29) is 0 Å². The van der Waals surface area contributed by atoms with E-state index in [4.69, 9.17) is 16.3 Å². The minimum Gasteiger partial charge on any atom is -0.381 e. The lowest BCUT2D eigenvalue weighted by molar-refractivity contribution is -0.113. The standard InChI is InChI=1S/C14H20ClN3OS2/c1-10-12(20-13(15)16-10)21-18-8-14(9-18)6-17(7-14)11-2-4-19-5-3-11/h11H,2-9H2,1H3. The van der Waals surface area contributed by atoms with Crippen LogP contribution >= 0.6 is 34.9 Å². The molecule has 4 rings (SSSR count). The second kappa shape index (κ2) is 5.65. The van der Waals surface area contributed by atoms with Crippen molar-refractivity contribution in [3.8, 4) is 0 Å². The highest BCUT2D eigenvalue weighted by Crippen LogP contribution is 2.47. The minimum atomic E-state index is 0.563. The topological polar surface area (TPSA) is 28.6 Å². The van der Waals surface area contributed by atoms with Gasteiger partial charge in [0.1, 0.15) is 0 Å². The Morgan fingerprint density at radius 2 is 2.00 bits per heavy atom. The molecule has 0 atom stereocenters. The first-order chi connectivity index (χ1) is 10.1. The molecule has 0 unspecified atom stereocenters. The van der Waals surface area contributed by atoms with Crippen molar-refractivity contribution < 1.29 is 4.74 Å². The van der Waals surface area contributed by atoms with Gasteiger partial charge in [-0.15, -0.1) is 0 Å². The van der Waals surface area contributed by atoms with Crippen molar-refractivity contribution in [2.75, 3.05) is 39.4 Å². The quantitative estimate of drug-likeness (QED) is 0.785. The Labute approximate surface area is 138 Å². The fourth-order valence-corrected chi connectivity index (χ4v) is 6.46. The van der Waals surface area contributed by atoms with E-state index in [1.165, 1.54) is 43.2 Å². The molecule has 116 valence electrons. The number of aromatic nitrogens is 1. The average molecular weight is 346 g/mol. The van der Waals surface area contributed by atoms with Gasteiger partial charge in [-0.25, -0.2) is 9.29 Å². The summed E-state index contributed by atoms with van der Waals surface area (Å²) < 4.78 is 9.81. The molecule has 21 heavy (non-hydrogen) atoms. The van der Waals surface area contributed by atoms with Crippen LogP contribution in [0.1, 0.15) is 18.5 Å². The zero-order valence-corrected chi connectivity index (χ0v) is 14.6. The first kappa shape index (κ1) is 14.7. The summed E-state index contributed by atoms with van der Waals surface area (Å²) in [5.74, 6) is 0. The molecule has 1 aromatic rings. The Morgan fingerprint density at radius 1 is 1.29 bits per heavy atom. The SMILES string of the molecule is Cc1nc(Cl)sc1SN1CC2(C1)CN(C1CCOCC1)C2. The van der Waals surface area contributed by atoms with E-state index in [2.05, 4.69) is 14.2 Å². The molecule has 0 aromatic carbocycles. The number of rotatable bonds is 3. The van der Waals surface area contributed by atoms with E-state index in [0.717, 1.165) is 24.9 Å². The van der Waals surface area contributed by atoms with Gasteiger partial charge in [0.25, 0.3) is 0 Å². The van der Waals surface area contributed by atoms with Gasteiger partial charge in [0.05, 0.1) is 9.90 Å². The predicted octanol–water partition coefficient (Wildman–Crippen LogP) is 2.91. The van der Waals surface area contributed by atoms with Crippen LogP contribution in [0.2, 0.25) is 4.47 Å². The van der Waals surface area contributed by atoms with E-state index < -0.39 is 0 Å². The monoisotopic (exact) mass is 345 g/mol. The van der Waals surface area contributed by atoms with Crippen molar-refractivity contribution in [3.63, 3.8) is 0 Å². The Bertz CT molecular complexity index is 518. The number of aryl methyl sites for hydroxylation is 1.